The molecule has 1 aromatic rings. The molecule has 1 saturated heterocycles. The number of nitrogens with zero attached hydrogens (tertiary/aromatic N) is 1. The van der Waals surface area contributed by atoms with Gasteiger partial charge in [-0.15, -0.1) is 0 Å². The van der Waals surface area contributed by atoms with Crippen molar-refractivity contribution in [1.82, 2.24) is 4.98 Å². The molecular weight excluding hydrogens is 226 g/mol. The van der Waals surface area contributed by atoms with E-state index in [2.05, 4.69) is 10.3 Å². The van der Waals surface area contributed by atoms with E-state index in [9.17, 15) is 8.42 Å². The average Bonchev–Trinajstić information content (AvgIpc) is 2.55. The number of hydrogen-bond donors (Lipinski definition) is 2. The predicted octanol–water partition coefficient (Wildman–Crippen LogP) is 0.653. The van der Waals surface area contributed by atoms with Crippen LogP contribution >= 0.6 is 0 Å². The monoisotopic (exact) mass is 241 g/mol. The van der Waals surface area contributed by atoms with E-state index in [1.165, 1.54) is 0 Å². The van der Waals surface area contributed by atoms with Crippen LogP contribution in [-0.4, -0.2) is 30.9 Å². The van der Waals surface area contributed by atoms with Gasteiger partial charge in [-0.1, -0.05) is 0 Å². The molecular formula is C10H15N3O2S. The third kappa shape index (κ3) is 2.44. The normalized spacial score (nSPS) is 23.1. The van der Waals surface area contributed by atoms with Crippen molar-refractivity contribution < 1.29 is 8.42 Å². The Labute approximate surface area is 95.0 Å². The fourth-order valence-corrected chi connectivity index (χ4v) is 3.61. The first-order valence-electron chi connectivity index (χ1n) is 5.25. The van der Waals surface area contributed by atoms with Crippen LogP contribution in [0.2, 0.25) is 0 Å². The molecule has 0 radical (unpaired) electrons. The van der Waals surface area contributed by atoms with Crippen molar-refractivity contribution in [3.63, 3.8) is 0 Å². The molecule has 1 aliphatic heterocycles. The third-order valence-corrected chi connectivity index (χ3v) is 5.03. The van der Waals surface area contributed by atoms with Gasteiger partial charge in [0.25, 0.3) is 0 Å². The van der Waals surface area contributed by atoms with Gasteiger partial charge in [0.1, 0.15) is 5.82 Å². The standard InChI is InChI=1S/C10H15N3O2S/c11-8-3-4-12-10(6-8)13-7-9-2-1-5-16(9,14)15/h3-4,6,9H,1-2,5,7H2,(H3,11,12,13). The summed E-state index contributed by atoms with van der Waals surface area (Å²) in [5, 5.41) is 2.73. The minimum atomic E-state index is -2.89. The number of nitrogen functional groups attached to an aromatic ring is 1. The number of sulfone groups is 1. The lowest BCUT2D eigenvalue weighted by molar-refractivity contribution is 0.591. The molecule has 2 rings (SSSR count). The molecule has 5 nitrogen and oxygen atoms in total. The Bertz CT molecular complexity index is 473. The number of rotatable bonds is 3. The van der Waals surface area contributed by atoms with E-state index in [0.717, 1.165) is 12.8 Å². The SMILES string of the molecule is Nc1ccnc(NCC2CCCS2(=O)=O)c1. The molecule has 1 unspecified atom stereocenters. The van der Waals surface area contributed by atoms with Crippen molar-refractivity contribution in [1.29, 1.82) is 0 Å². The highest BCUT2D eigenvalue weighted by molar-refractivity contribution is 7.92. The maximum atomic E-state index is 11.6. The van der Waals surface area contributed by atoms with Crippen molar-refractivity contribution >= 4 is 21.3 Å². The van der Waals surface area contributed by atoms with Crippen molar-refractivity contribution in [2.75, 3.05) is 23.3 Å². The molecule has 16 heavy (non-hydrogen) atoms. The second-order valence-electron chi connectivity index (χ2n) is 3.99. The second-order valence-corrected chi connectivity index (χ2v) is 6.39. The summed E-state index contributed by atoms with van der Waals surface area (Å²) in [5.74, 6) is 0.936. The Balaban J connectivity index is 1.98. The highest BCUT2D eigenvalue weighted by Crippen LogP contribution is 2.20. The minimum Gasteiger partial charge on any atom is -0.399 e. The molecule has 6 heteroatoms. The van der Waals surface area contributed by atoms with E-state index in [1.807, 2.05) is 0 Å². The summed E-state index contributed by atoms with van der Waals surface area (Å²) in [4.78, 5) is 4.06. The zero-order valence-electron chi connectivity index (χ0n) is 8.89. The molecule has 0 spiro atoms. The molecule has 88 valence electrons. The van der Waals surface area contributed by atoms with Crippen LogP contribution in [0.15, 0.2) is 18.3 Å². The van der Waals surface area contributed by atoms with Crippen molar-refractivity contribution in [2.24, 2.45) is 0 Å². The summed E-state index contributed by atoms with van der Waals surface area (Å²) in [5.41, 5.74) is 6.21. The lowest BCUT2D eigenvalue weighted by atomic mass is 10.2. The third-order valence-electron chi connectivity index (χ3n) is 2.76. The lowest BCUT2D eigenvalue weighted by Crippen LogP contribution is -2.25. The van der Waals surface area contributed by atoms with Gasteiger partial charge in [-0.05, 0) is 18.9 Å². The highest BCUT2D eigenvalue weighted by Gasteiger charge is 2.30. The van der Waals surface area contributed by atoms with Crippen LogP contribution < -0.4 is 11.1 Å². The molecule has 0 aliphatic carbocycles. The number of nitrogens with one attached hydrogen (secondary N) is 1. The van der Waals surface area contributed by atoms with Gasteiger partial charge in [0, 0.05) is 24.5 Å². The Morgan fingerprint density at radius 1 is 1.56 bits per heavy atom. The molecule has 1 atom stereocenters. The maximum absolute atomic E-state index is 11.6. The number of hydrogen-bond acceptors (Lipinski definition) is 5. The van der Waals surface area contributed by atoms with Gasteiger partial charge in [0.15, 0.2) is 9.84 Å². The maximum Gasteiger partial charge on any atom is 0.154 e. The van der Waals surface area contributed by atoms with Crippen LogP contribution in [0.25, 0.3) is 0 Å². The Morgan fingerprint density at radius 3 is 3.00 bits per heavy atom. The molecule has 0 aromatic carbocycles. The topological polar surface area (TPSA) is 85.1 Å². The molecule has 0 amide bonds. The smallest absolute Gasteiger partial charge is 0.154 e. The van der Waals surface area contributed by atoms with Crippen LogP contribution in [0.1, 0.15) is 12.8 Å². The molecule has 0 saturated carbocycles. The molecule has 1 aliphatic rings. The summed E-state index contributed by atoms with van der Waals surface area (Å²) in [6, 6.07) is 3.39. The van der Waals surface area contributed by atoms with Gasteiger partial charge in [0.05, 0.1) is 11.0 Å². The molecule has 1 fully saturated rings. The van der Waals surface area contributed by atoms with E-state index in [-0.39, 0.29) is 5.25 Å². The van der Waals surface area contributed by atoms with Crippen molar-refractivity contribution in [3.05, 3.63) is 18.3 Å². The summed E-state index contributed by atoms with van der Waals surface area (Å²) in [6.45, 7) is 0.415. The first-order chi connectivity index (χ1) is 7.58. The molecule has 0 bridgehead atoms. The van der Waals surface area contributed by atoms with Gasteiger partial charge in [-0.3, -0.25) is 0 Å². The summed E-state index contributed by atoms with van der Waals surface area (Å²) in [6.07, 6.45) is 3.09. The zero-order valence-corrected chi connectivity index (χ0v) is 9.70. The summed E-state index contributed by atoms with van der Waals surface area (Å²) in [7, 11) is -2.89. The van der Waals surface area contributed by atoms with Crippen molar-refractivity contribution in [2.45, 2.75) is 18.1 Å². The Kier molecular flexibility index (Phi) is 3.00. The van der Waals surface area contributed by atoms with Gasteiger partial charge < -0.3 is 11.1 Å². The van der Waals surface area contributed by atoms with Crippen LogP contribution in [0, 0.1) is 0 Å². The highest BCUT2D eigenvalue weighted by atomic mass is 32.2. The van der Waals surface area contributed by atoms with Gasteiger partial charge >= 0.3 is 0 Å². The number of nitrogens with two attached hydrogens (primary N) is 1. The van der Waals surface area contributed by atoms with E-state index in [1.54, 1.807) is 18.3 Å². The number of anilines is 2. The van der Waals surface area contributed by atoms with Crippen molar-refractivity contribution in [3.8, 4) is 0 Å². The van der Waals surface area contributed by atoms with E-state index >= 15 is 0 Å². The minimum absolute atomic E-state index is 0.282. The Hall–Kier alpha value is -1.30. The predicted molar refractivity (Wildman–Crippen MR) is 63.9 cm³/mol. The lowest BCUT2D eigenvalue weighted by Gasteiger charge is -2.11. The fourth-order valence-electron chi connectivity index (χ4n) is 1.85. The van der Waals surface area contributed by atoms with Crippen LogP contribution in [-0.2, 0) is 9.84 Å². The molecule has 3 N–H and O–H groups in total. The van der Waals surface area contributed by atoms with E-state index < -0.39 is 9.84 Å². The van der Waals surface area contributed by atoms with Crippen LogP contribution in [0.3, 0.4) is 0 Å². The zero-order chi connectivity index (χ0) is 11.6. The van der Waals surface area contributed by atoms with E-state index in [4.69, 9.17) is 5.73 Å². The van der Waals surface area contributed by atoms with Gasteiger partial charge in [0.2, 0.25) is 0 Å². The summed E-state index contributed by atoms with van der Waals surface area (Å²) < 4.78 is 23.1. The summed E-state index contributed by atoms with van der Waals surface area (Å²) >= 11 is 0. The first kappa shape index (κ1) is 11.2. The van der Waals surface area contributed by atoms with Gasteiger partial charge in [-0.25, -0.2) is 13.4 Å². The molecule has 1 aromatic heterocycles. The average molecular weight is 241 g/mol. The quantitative estimate of drug-likeness (QED) is 0.811. The van der Waals surface area contributed by atoms with E-state index in [0.29, 0.717) is 23.8 Å². The Morgan fingerprint density at radius 2 is 2.38 bits per heavy atom. The molecule has 2 heterocycles. The fraction of sp³-hybridized carbons (Fsp3) is 0.500. The van der Waals surface area contributed by atoms with Crippen LogP contribution in [0.4, 0.5) is 11.5 Å². The van der Waals surface area contributed by atoms with Gasteiger partial charge in [-0.2, -0.15) is 0 Å². The number of aromatic nitrogens is 1. The first-order valence-corrected chi connectivity index (χ1v) is 6.96. The largest absolute Gasteiger partial charge is 0.399 e. The second kappa shape index (κ2) is 4.29. The number of pyridine rings is 1. The van der Waals surface area contributed by atoms with Crippen LogP contribution in [0.5, 0.6) is 0 Å².